The zero-order chi connectivity index (χ0) is 17.7. The molecule has 0 aromatic heterocycles. The molecule has 0 bridgehead atoms. The van der Waals surface area contributed by atoms with Gasteiger partial charge in [-0.1, -0.05) is 73.4 Å². The SMILES string of the molecule is CC.O=C1CC(c2ccccc2)C(=O)N1Cc1c(Cl)cccc1Cl. The van der Waals surface area contributed by atoms with E-state index in [0.717, 1.165) is 5.56 Å². The maximum absolute atomic E-state index is 12.6. The molecule has 1 unspecified atom stereocenters. The van der Waals surface area contributed by atoms with Crippen LogP contribution in [0.2, 0.25) is 10.0 Å². The monoisotopic (exact) mass is 363 g/mol. The molecule has 0 aliphatic carbocycles. The summed E-state index contributed by atoms with van der Waals surface area (Å²) in [5, 5.41) is 0.910. The molecule has 3 rings (SSSR count). The third-order valence-electron chi connectivity index (χ3n) is 3.82. The molecule has 0 saturated carbocycles. The summed E-state index contributed by atoms with van der Waals surface area (Å²) in [4.78, 5) is 26.0. The van der Waals surface area contributed by atoms with Crippen molar-refractivity contribution < 1.29 is 9.59 Å². The fourth-order valence-electron chi connectivity index (χ4n) is 2.64. The number of rotatable bonds is 3. The van der Waals surface area contributed by atoms with Gasteiger partial charge in [-0.25, -0.2) is 0 Å². The molecule has 0 radical (unpaired) electrons. The molecule has 1 fully saturated rings. The van der Waals surface area contributed by atoms with E-state index in [4.69, 9.17) is 23.2 Å². The standard InChI is InChI=1S/C17H13Cl2NO2.C2H6/c18-14-7-4-8-15(19)13(14)10-20-16(21)9-12(17(20)22)11-5-2-1-3-6-11;1-2/h1-8,12H,9-10H2;1-2H3. The molecule has 1 atom stereocenters. The number of hydrogen-bond donors (Lipinski definition) is 0. The number of carbonyl (C=O) groups excluding carboxylic acids is 2. The molecule has 2 amide bonds. The van der Waals surface area contributed by atoms with Crippen molar-refractivity contribution in [1.82, 2.24) is 4.90 Å². The van der Waals surface area contributed by atoms with Crippen molar-refractivity contribution in [2.45, 2.75) is 32.7 Å². The molecule has 1 saturated heterocycles. The minimum atomic E-state index is -0.421. The Hall–Kier alpha value is -1.84. The molecule has 126 valence electrons. The number of likely N-dealkylation sites (tertiary alicyclic amines) is 1. The lowest BCUT2D eigenvalue weighted by molar-refractivity contribution is -0.139. The van der Waals surface area contributed by atoms with E-state index >= 15 is 0 Å². The summed E-state index contributed by atoms with van der Waals surface area (Å²) in [7, 11) is 0. The van der Waals surface area contributed by atoms with Gasteiger partial charge in [-0.3, -0.25) is 14.5 Å². The van der Waals surface area contributed by atoms with E-state index in [1.807, 2.05) is 44.2 Å². The first-order valence-electron chi connectivity index (χ1n) is 7.90. The van der Waals surface area contributed by atoms with E-state index in [9.17, 15) is 9.59 Å². The quantitative estimate of drug-likeness (QED) is 0.714. The second kappa shape index (κ2) is 8.32. The highest BCUT2D eigenvalue weighted by molar-refractivity contribution is 6.36. The maximum atomic E-state index is 12.6. The van der Waals surface area contributed by atoms with Gasteiger partial charge in [-0.15, -0.1) is 0 Å². The number of benzene rings is 2. The van der Waals surface area contributed by atoms with Crippen LogP contribution in [0.1, 0.15) is 37.3 Å². The van der Waals surface area contributed by atoms with Crippen LogP contribution in [0.4, 0.5) is 0 Å². The van der Waals surface area contributed by atoms with Crippen molar-refractivity contribution in [1.29, 1.82) is 0 Å². The van der Waals surface area contributed by atoms with E-state index in [1.54, 1.807) is 18.2 Å². The zero-order valence-corrected chi connectivity index (χ0v) is 15.1. The molecule has 24 heavy (non-hydrogen) atoms. The van der Waals surface area contributed by atoms with E-state index in [1.165, 1.54) is 4.90 Å². The van der Waals surface area contributed by atoms with Crippen molar-refractivity contribution in [3.05, 3.63) is 69.7 Å². The van der Waals surface area contributed by atoms with Gasteiger partial charge < -0.3 is 0 Å². The molecule has 2 aromatic carbocycles. The average molecular weight is 364 g/mol. The molecule has 1 aliphatic rings. The van der Waals surface area contributed by atoms with Gasteiger partial charge >= 0.3 is 0 Å². The van der Waals surface area contributed by atoms with Crippen molar-refractivity contribution in [3.63, 3.8) is 0 Å². The summed E-state index contributed by atoms with van der Waals surface area (Å²) in [6, 6.07) is 14.5. The first kappa shape index (κ1) is 18.5. The van der Waals surface area contributed by atoms with Gasteiger partial charge in [0.25, 0.3) is 0 Å². The van der Waals surface area contributed by atoms with Crippen LogP contribution in [-0.2, 0) is 16.1 Å². The summed E-state index contributed by atoms with van der Waals surface area (Å²) in [5.41, 5.74) is 1.45. The normalized spacial score (nSPS) is 16.8. The largest absolute Gasteiger partial charge is 0.277 e. The van der Waals surface area contributed by atoms with Crippen LogP contribution >= 0.6 is 23.2 Å². The smallest absolute Gasteiger partial charge is 0.237 e. The van der Waals surface area contributed by atoms with Gasteiger partial charge in [0.15, 0.2) is 0 Å². The van der Waals surface area contributed by atoms with E-state index < -0.39 is 5.92 Å². The van der Waals surface area contributed by atoms with Crippen LogP contribution in [0.15, 0.2) is 48.5 Å². The molecular weight excluding hydrogens is 345 g/mol. The van der Waals surface area contributed by atoms with E-state index in [2.05, 4.69) is 0 Å². The second-order valence-electron chi connectivity index (χ2n) is 5.19. The topological polar surface area (TPSA) is 37.4 Å². The van der Waals surface area contributed by atoms with Gasteiger partial charge in [0.05, 0.1) is 12.5 Å². The molecule has 1 heterocycles. The van der Waals surface area contributed by atoms with Crippen LogP contribution in [0, 0.1) is 0 Å². The fourth-order valence-corrected chi connectivity index (χ4v) is 3.15. The highest BCUT2D eigenvalue weighted by Crippen LogP contribution is 2.33. The average Bonchev–Trinajstić information content (AvgIpc) is 2.88. The first-order valence-corrected chi connectivity index (χ1v) is 8.65. The van der Waals surface area contributed by atoms with Crippen LogP contribution in [0.3, 0.4) is 0 Å². The third-order valence-corrected chi connectivity index (χ3v) is 4.53. The summed E-state index contributed by atoms with van der Waals surface area (Å²) in [5.74, 6) is -0.822. The molecular formula is C19H19Cl2NO2. The predicted octanol–water partition coefficient (Wildman–Crippen LogP) is 5.06. The fraction of sp³-hybridized carbons (Fsp3) is 0.263. The Morgan fingerprint density at radius 2 is 1.54 bits per heavy atom. The molecule has 2 aromatic rings. The Balaban J connectivity index is 0.00000100. The van der Waals surface area contributed by atoms with Crippen LogP contribution in [0.5, 0.6) is 0 Å². The van der Waals surface area contributed by atoms with Gasteiger partial charge in [0.1, 0.15) is 0 Å². The van der Waals surface area contributed by atoms with Crippen LogP contribution < -0.4 is 0 Å². The summed E-state index contributed by atoms with van der Waals surface area (Å²) in [6.07, 6.45) is 0.185. The summed E-state index contributed by atoms with van der Waals surface area (Å²) < 4.78 is 0. The molecule has 3 nitrogen and oxygen atoms in total. The van der Waals surface area contributed by atoms with Crippen molar-refractivity contribution in [3.8, 4) is 0 Å². The minimum absolute atomic E-state index is 0.111. The number of halogens is 2. The zero-order valence-electron chi connectivity index (χ0n) is 13.6. The number of nitrogens with zero attached hydrogens (tertiary/aromatic N) is 1. The van der Waals surface area contributed by atoms with E-state index in [0.29, 0.717) is 15.6 Å². The van der Waals surface area contributed by atoms with Gasteiger partial charge in [0, 0.05) is 22.0 Å². The first-order chi connectivity index (χ1) is 11.6. The van der Waals surface area contributed by atoms with Crippen LogP contribution in [0.25, 0.3) is 0 Å². The number of carbonyl (C=O) groups is 2. The minimum Gasteiger partial charge on any atom is -0.277 e. The Morgan fingerprint density at radius 3 is 2.12 bits per heavy atom. The highest BCUT2D eigenvalue weighted by atomic mass is 35.5. The highest BCUT2D eigenvalue weighted by Gasteiger charge is 2.39. The van der Waals surface area contributed by atoms with Crippen LogP contribution in [-0.4, -0.2) is 16.7 Å². The Labute approximate surface area is 152 Å². The van der Waals surface area contributed by atoms with Crippen molar-refractivity contribution in [2.75, 3.05) is 0 Å². The van der Waals surface area contributed by atoms with Crippen molar-refractivity contribution >= 4 is 35.0 Å². The van der Waals surface area contributed by atoms with Gasteiger partial charge in [-0.05, 0) is 17.7 Å². The lowest BCUT2D eigenvalue weighted by atomic mass is 9.98. The number of amides is 2. The maximum Gasteiger partial charge on any atom is 0.237 e. The van der Waals surface area contributed by atoms with Gasteiger partial charge in [-0.2, -0.15) is 0 Å². The molecule has 0 N–H and O–H groups in total. The van der Waals surface area contributed by atoms with Gasteiger partial charge in [0.2, 0.25) is 11.8 Å². The number of imide groups is 1. The van der Waals surface area contributed by atoms with E-state index in [-0.39, 0.29) is 24.8 Å². The second-order valence-corrected chi connectivity index (χ2v) is 6.00. The summed E-state index contributed by atoms with van der Waals surface area (Å²) in [6.45, 7) is 4.11. The molecule has 0 spiro atoms. The lowest BCUT2D eigenvalue weighted by Gasteiger charge is -2.17. The lowest BCUT2D eigenvalue weighted by Crippen LogP contribution is -2.30. The number of hydrogen-bond acceptors (Lipinski definition) is 2. The Bertz CT molecular complexity index is 711. The summed E-state index contributed by atoms with van der Waals surface area (Å²) >= 11 is 12.2. The Kier molecular flexibility index (Phi) is 6.41. The third kappa shape index (κ3) is 3.80. The molecule has 1 aliphatic heterocycles. The predicted molar refractivity (Wildman–Crippen MR) is 97.2 cm³/mol. The molecule has 5 heteroatoms. The Morgan fingerprint density at radius 1 is 0.958 bits per heavy atom. The van der Waals surface area contributed by atoms with Crippen molar-refractivity contribution in [2.24, 2.45) is 0 Å².